The van der Waals surface area contributed by atoms with E-state index in [2.05, 4.69) is 20.7 Å². The maximum absolute atomic E-state index is 4.15. The highest BCUT2D eigenvalue weighted by molar-refractivity contribution is 7.10. The fraction of sp³-hybridized carbons (Fsp3) is 0.700. The molecule has 1 N–H and O–H groups in total. The van der Waals surface area contributed by atoms with Gasteiger partial charge < -0.3 is 10.2 Å². The lowest BCUT2D eigenvalue weighted by atomic mass is 9.72. The minimum Gasteiger partial charge on any atom is -0.361 e. The molecule has 0 amide bonds. The van der Waals surface area contributed by atoms with Crippen LogP contribution in [0.5, 0.6) is 0 Å². The lowest BCUT2D eigenvalue weighted by Crippen LogP contribution is -2.59. The Kier molecular flexibility index (Phi) is 1.99. The van der Waals surface area contributed by atoms with Gasteiger partial charge in [0.25, 0.3) is 0 Å². The number of piperidine rings is 1. The third-order valence-electron chi connectivity index (χ3n) is 3.45. The third kappa shape index (κ3) is 1.33. The fourth-order valence-corrected chi connectivity index (χ4v) is 3.16. The second-order valence-electron chi connectivity index (χ2n) is 4.46. The van der Waals surface area contributed by atoms with Crippen LogP contribution in [0, 0.1) is 5.41 Å². The largest absolute Gasteiger partial charge is 0.361 e. The highest BCUT2D eigenvalue weighted by Gasteiger charge is 2.43. The summed E-state index contributed by atoms with van der Waals surface area (Å²) < 4.78 is 4.15. The van der Waals surface area contributed by atoms with Gasteiger partial charge in [0.05, 0.1) is 0 Å². The van der Waals surface area contributed by atoms with Crippen LogP contribution in [-0.4, -0.2) is 30.6 Å². The first-order valence-corrected chi connectivity index (χ1v) is 6.02. The minimum atomic E-state index is 0.634. The van der Waals surface area contributed by atoms with Crippen molar-refractivity contribution in [1.82, 2.24) is 9.69 Å². The molecule has 0 radical (unpaired) electrons. The molecule has 0 atom stereocenters. The molecule has 2 aliphatic heterocycles. The molecule has 1 aromatic heterocycles. The van der Waals surface area contributed by atoms with Crippen molar-refractivity contribution in [2.45, 2.75) is 12.8 Å². The third-order valence-corrected chi connectivity index (χ3v) is 4.26. The van der Waals surface area contributed by atoms with Crippen molar-refractivity contribution >= 4 is 16.5 Å². The molecule has 1 spiro atoms. The van der Waals surface area contributed by atoms with Crippen molar-refractivity contribution < 1.29 is 0 Å². The number of nitrogens with one attached hydrogen (secondary N) is 1. The van der Waals surface area contributed by atoms with E-state index in [-0.39, 0.29) is 0 Å². The van der Waals surface area contributed by atoms with E-state index in [1.54, 1.807) is 11.5 Å². The zero-order valence-electron chi connectivity index (χ0n) is 8.20. The summed E-state index contributed by atoms with van der Waals surface area (Å²) in [6.45, 7) is 4.90. The Labute approximate surface area is 88.3 Å². The lowest BCUT2D eigenvalue weighted by molar-refractivity contribution is 0.151. The smallest absolute Gasteiger partial charge is 0.111 e. The quantitative estimate of drug-likeness (QED) is 0.756. The summed E-state index contributed by atoms with van der Waals surface area (Å²) in [5, 5.41) is 4.77. The SMILES string of the molecule is c1cc(N2CC3(CCNCC3)C2)sn1. The lowest BCUT2D eigenvalue weighted by Gasteiger charge is -2.52. The maximum Gasteiger partial charge on any atom is 0.111 e. The number of hydrogen-bond donors (Lipinski definition) is 1. The Balaban J connectivity index is 1.65. The number of nitrogens with zero attached hydrogens (tertiary/aromatic N) is 2. The van der Waals surface area contributed by atoms with Gasteiger partial charge in [-0.2, -0.15) is 4.37 Å². The predicted molar refractivity (Wildman–Crippen MR) is 58.9 cm³/mol. The Morgan fingerprint density at radius 2 is 2.14 bits per heavy atom. The van der Waals surface area contributed by atoms with E-state index in [9.17, 15) is 0 Å². The highest BCUT2D eigenvalue weighted by atomic mass is 32.1. The zero-order valence-corrected chi connectivity index (χ0v) is 9.02. The summed E-state index contributed by atoms with van der Waals surface area (Å²) in [4.78, 5) is 2.46. The van der Waals surface area contributed by atoms with Crippen LogP contribution in [0.2, 0.25) is 0 Å². The van der Waals surface area contributed by atoms with Gasteiger partial charge in [-0.1, -0.05) is 0 Å². The maximum atomic E-state index is 4.15. The van der Waals surface area contributed by atoms with E-state index in [1.807, 2.05) is 6.20 Å². The zero-order chi connectivity index (χ0) is 9.43. The molecule has 76 valence electrons. The number of hydrogen-bond acceptors (Lipinski definition) is 4. The molecule has 0 saturated carbocycles. The fourth-order valence-electron chi connectivity index (χ4n) is 2.56. The van der Waals surface area contributed by atoms with Crippen molar-refractivity contribution in [2.75, 3.05) is 31.1 Å². The molecule has 0 bridgehead atoms. The van der Waals surface area contributed by atoms with E-state index in [1.165, 1.54) is 44.0 Å². The molecular weight excluding hydrogens is 194 g/mol. The first kappa shape index (κ1) is 8.68. The van der Waals surface area contributed by atoms with E-state index in [0.717, 1.165) is 0 Å². The highest BCUT2D eigenvalue weighted by Crippen LogP contribution is 2.41. The van der Waals surface area contributed by atoms with E-state index in [0.29, 0.717) is 5.41 Å². The van der Waals surface area contributed by atoms with E-state index < -0.39 is 0 Å². The van der Waals surface area contributed by atoms with Crippen LogP contribution in [-0.2, 0) is 0 Å². The second kappa shape index (κ2) is 3.21. The average molecular weight is 209 g/mol. The van der Waals surface area contributed by atoms with Crippen LogP contribution in [0.3, 0.4) is 0 Å². The van der Waals surface area contributed by atoms with Crippen molar-refractivity contribution in [2.24, 2.45) is 5.41 Å². The van der Waals surface area contributed by atoms with Gasteiger partial charge in [0.15, 0.2) is 0 Å². The van der Waals surface area contributed by atoms with E-state index in [4.69, 9.17) is 0 Å². The Hall–Kier alpha value is -0.610. The van der Waals surface area contributed by atoms with Gasteiger partial charge in [0.1, 0.15) is 5.00 Å². The van der Waals surface area contributed by atoms with Crippen LogP contribution in [0.15, 0.2) is 12.3 Å². The van der Waals surface area contributed by atoms with Crippen LogP contribution in [0.4, 0.5) is 5.00 Å². The van der Waals surface area contributed by atoms with Crippen molar-refractivity contribution in [3.63, 3.8) is 0 Å². The molecule has 14 heavy (non-hydrogen) atoms. The van der Waals surface area contributed by atoms with Crippen molar-refractivity contribution in [3.05, 3.63) is 12.3 Å². The molecule has 1 aromatic rings. The van der Waals surface area contributed by atoms with E-state index >= 15 is 0 Å². The van der Waals surface area contributed by atoms with Crippen LogP contribution in [0.1, 0.15) is 12.8 Å². The molecule has 3 nitrogen and oxygen atoms in total. The van der Waals surface area contributed by atoms with Crippen LogP contribution in [0.25, 0.3) is 0 Å². The number of rotatable bonds is 1. The second-order valence-corrected chi connectivity index (χ2v) is 5.27. The standard InChI is InChI=1S/C10H15N3S/c1-4-12-14-9(1)13-7-10(8-13)2-5-11-6-3-10/h1,4,11H,2-3,5-8H2. The minimum absolute atomic E-state index is 0.634. The summed E-state index contributed by atoms with van der Waals surface area (Å²) in [5.41, 5.74) is 0.634. The Morgan fingerprint density at radius 1 is 1.36 bits per heavy atom. The average Bonchev–Trinajstić information content (AvgIpc) is 2.68. The molecule has 4 heteroatoms. The molecular formula is C10H15N3S. The molecule has 2 fully saturated rings. The molecule has 2 aliphatic rings. The number of anilines is 1. The summed E-state index contributed by atoms with van der Waals surface area (Å²) in [5.74, 6) is 0. The monoisotopic (exact) mass is 209 g/mol. The molecule has 0 aliphatic carbocycles. The van der Waals surface area contributed by atoms with Gasteiger partial charge in [-0.05, 0) is 43.5 Å². The topological polar surface area (TPSA) is 28.2 Å². The van der Waals surface area contributed by atoms with Gasteiger partial charge in [-0.3, -0.25) is 0 Å². The Bertz CT molecular complexity index is 295. The Morgan fingerprint density at radius 3 is 2.79 bits per heavy atom. The van der Waals surface area contributed by atoms with Gasteiger partial charge in [-0.25, -0.2) is 0 Å². The molecule has 0 aromatic carbocycles. The van der Waals surface area contributed by atoms with Gasteiger partial charge >= 0.3 is 0 Å². The first-order valence-electron chi connectivity index (χ1n) is 5.24. The van der Waals surface area contributed by atoms with Gasteiger partial charge in [0.2, 0.25) is 0 Å². The van der Waals surface area contributed by atoms with Crippen molar-refractivity contribution in [3.8, 4) is 0 Å². The summed E-state index contributed by atoms with van der Waals surface area (Å²) in [7, 11) is 0. The summed E-state index contributed by atoms with van der Waals surface area (Å²) in [6.07, 6.45) is 4.60. The van der Waals surface area contributed by atoms with Crippen LogP contribution < -0.4 is 10.2 Å². The molecule has 3 heterocycles. The molecule has 0 unspecified atom stereocenters. The van der Waals surface area contributed by atoms with Crippen LogP contribution >= 0.6 is 11.5 Å². The van der Waals surface area contributed by atoms with Gasteiger partial charge in [0, 0.05) is 24.7 Å². The van der Waals surface area contributed by atoms with Crippen molar-refractivity contribution in [1.29, 1.82) is 0 Å². The predicted octanol–water partition coefficient (Wildman–Crippen LogP) is 1.33. The molecule has 3 rings (SSSR count). The summed E-state index contributed by atoms with van der Waals surface area (Å²) >= 11 is 1.61. The number of aromatic nitrogens is 1. The first-order chi connectivity index (χ1) is 6.88. The van der Waals surface area contributed by atoms with Gasteiger partial charge in [-0.15, -0.1) is 0 Å². The summed E-state index contributed by atoms with van der Waals surface area (Å²) in [6, 6.07) is 2.12. The molecule has 2 saturated heterocycles. The normalized spacial score (nSPS) is 25.0.